The fourth-order valence-corrected chi connectivity index (χ4v) is 2.27. The molecule has 2 aromatic rings. The summed E-state index contributed by atoms with van der Waals surface area (Å²) in [7, 11) is 0. The predicted molar refractivity (Wildman–Crippen MR) is 97.6 cm³/mol. The van der Waals surface area contributed by atoms with Crippen LogP contribution in [0.2, 0.25) is 0 Å². The normalized spacial score (nSPS) is 11.0. The first-order valence-corrected chi connectivity index (χ1v) is 8.13. The van der Waals surface area contributed by atoms with E-state index in [0.717, 1.165) is 0 Å². The molecule has 0 fully saturated rings. The summed E-state index contributed by atoms with van der Waals surface area (Å²) >= 11 is 0. The Bertz CT molecular complexity index is 945. The highest BCUT2D eigenvalue weighted by atomic mass is 16.6. The van der Waals surface area contributed by atoms with Gasteiger partial charge in [-0.15, -0.1) is 0 Å². The molecule has 1 atom stereocenters. The molecule has 0 radical (unpaired) electrons. The Morgan fingerprint density at radius 3 is 2.18 bits per heavy atom. The van der Waals surface area contributed by atoms with E-state index in [1.54, 1.807) is 13.0 Å². The molecular weight excluding hydrogens is 366 g/mol. The van der Waals surface area contributed by atoms with Crippen LogP contribution in [0.5, 0.6) is 0 Å². The fraction of sp³-hybridized carbons (Fsp3) is 0.158. The van der Waals surface area contributed by atoms with E-state index in [-0.39, 0.29) is 23.4 Å². The molecule has 28 heavy (non-hydrogen) atoms. The summed E-state index contributed by atoms with van der Waals surface area (Å²) in [5.74, 6) is -3.66. The third-order valence-electron chi connectivity index (χ3n) is 3.68. The summed E-state index contributed by atoms with van der Waals surface area (Å²) in [5, 5.41) is 22.3. The molecule has 0 heterocycles. The van der Waals surface area contributed by atoms with Gasteiger partial charge in [0.1, 0.15) is 0 Å². The van der Waals surface area contributed by atoms with E-state index in [2.05, 4.69) is 5.32 Å². The van der Waals surface area contributed by atoms with Gasteiger partial charge in [-0.3, -0.25) is 24.5 Å². The predicted octanol–water partition coefficient (Wildman–Crippen LogP) is 2.73. The maximum absolute atomic E-state index is 12.3. The second kappa shape index (κ2) is 9.05. The van der Waals surface area contributed by atoms with Crippen LogP contribution < -0.4 is 5.32 Å². The van der Waals surface area contributed by atoms with Crippen molar-refractivity contribution in [3.63, 3.8) is 0 Å². The number of hydrogen-bond donors (Lipinski definition) is 1. The van der Waals surface area contributed by atoms with E-state index in [9.17, 15) is 24.5 Å². The molecule has 0 spiro atoms. The standard InChI is InChI=1S/C19H15N3O6/c1-2-28-19(25)16(11-20)17(23)12-3-7-14(8-4-12)21-18(24)13-5-9-15(10-6-13)22(26)27/h3-10,16H,2H2,1H3,(H,21,24)/t16-/m0/s1. The number of carbonyl (C=O) groups is 3. The van der Waals surface area contributed by atoms with Crippen molar-refractivity contribution in [3.05, 3.63) is 69.8 Å². The molecule has 9 heteroatoms. The SMILES string of the molecule is CCOC(=O)[C@@H](C#N)C(=O)c1ccc(NC(=O)c2ccc([N+](=O)[O-])cc2)cc1. The molecule has 2 aromatic carbocycles. The number of carbonyl (C=O) groups excluding carboxylic acids is 3. The topological polar surface area (TPSA) is 139 Å². The molecule has 0 aliphatic carbocycles. The lowest BCUT2D eigenvalue weighted by atomic mass is 9.99. The number of nitro groups is 1. The molecule has 0 saturated heterocycles. The Morgan fingerprint density at radius 1 is 1.11 bits per heavy atom. The summed E-state index contributed by atoms with van der Waals surface area (Å²) in [6.07, 6.45) is 0. The van der Waals surface area contributed by atoms with Gasteiger partial charge in [0, 0.05) is 28.9 Å². The maximum Gasteiger partial charge on any atom is 0.331 e. The number of esters is 1. The van der Waals surface area contributed by atoms with Gasteiger partial charge in [-0.05, 0) is 43.3 Å². The summed E-state index contributed by atoms with van der Waals surface area (Å²) in [4.78, 5) is 46.2. The number of amides is 1. The molecule has 0 bridgehead atoms. The number of nitriles is 1. The molecule has 0 aliphatic rings. The van der Waals surface area contributed by atoms with Gasteiger partial charge in [0.05, 0.1) is 17.6 Å². The number of non-ortho nitro benzene ring substituents is 1. The quantitative estimate of drug-likeness (QED) is 0.256. The highest BCUT2D eigenvalue weighted by molar-refractivity contribution is 6.11. The van der Waals surface area contributed by atoms with Crippen molar-refractivity contribution in [2.75, 3.05) is 11.9 Å². The van der Waals surface area contributed by atoms with Crippen LogP contribution in [0.25, 0.3) is 0 Å². The van der Waals surface area contributed by atoms with Gasteiger partial charge in [-0.1, -0.05) is 0 Å². The van der Waals surface area contributed by atoms with Gasteiger partial charge in [-0.25, -0.2) is 0 Å². The minimum atomic E-state index is -1.56. The number of nitro benzene ring substituents is 1. The van der Waals surface area contributed by atoms with Gasteiger partial charge >= 0.3 is 5.97 Å². The first kappa shape index (κ1) is 20.3. The van der Waals surface area contributed by atoms with E-state index in [1.807, 2.05) is 0 Å². The first-order valence-electron chi connectivity index (χ1n) is 8.13. The third kappa shape index (κ3) is 4.76. The zero-order valence-electron chi connectivity index (χ0n) is 14.7. The van der Waals surface area contributed by atoms with Crippen molar-refractivity contribution in [2.45, 2.75) is 6.92 Å². The van der Waals surface area contributed by atoms with E-state index < -0.39 is 28.5 Å². The number of rotatable bonds is 7. The largest absolute Gasteiger partial charge is 0.465 e. The van der Waals surface area contributed by atoms with Crippen LogP contribution in [-0.4, -0.2) is 29.2 Å². The van der Waals surface area contributed by atoms with Crippen LogP contribution in [0, 0.1) is 27.4 Å². The molecule has 0 saturated carbocycles. The number of ketones is 1. The number of benzene rings is 2. The molecule has 0 aromatic heterocycles. The van der Waals surface area contributed by atoms with Crippen LogP contribution in [0.3, 0.4) is 0 Å². The molecule has 1 amide bonds. The number of hydrogen-bond acceptors (Lipinski definition) is 7. The molecule has 0 unspecified atom stereocenters. The zero-order chi connectivity index (χ0) is 20.7. The minimum Gasteiger partial charge on any atom is -0.465 e. The van der Waals surface area contributed by atoms with Crippen molar-refractivity contribution >= 4 is 29.0 Å². The average molecular weight is 381 g/mol. The molecule has 0 aliphatic heterocycles. The van der Waals surface area contributed by atoms with Gasteiger partial charge in [0.25, 0.3) is 11.6 Å². The Kier molecular flexibility index (Phi) is 6.54. The van der Waals surface area contributed by atoms with Crippen LogP contribution in [0.1, 0.15) is 27.6 Å². The highest BCUT2D eigenvalue weighted by Crippen LogP contribution is 2.17. The second-order valence-electron chi connectivity index (χ2n) is 5.51. The summed E-state index contributed by atoms with van der Waals surface area (Å²) in [6, 6.07) is 12.3. The smallest absolute Gasteiger partial charge is 0.331 e. The first-order chi connectivity index (χ1) is 13.4. The molecule has 1 N–H and O–H groups in total. The molecular formula is C19H15N3O6. The zero-order valence-corrected chi connectivity index (χ0v) is 14.7. The fourth-order valence-electron chi connectivity index (χ4n) is 2.27. The average Bonchev–Trinajstić information content (AvgIpc) is 2.69. The van der Waals surface area contributed by atoms with Gasteiger partial charge in [-0.2, -0.15) is 5.26 Å². The summed E-state index contributed by atoms with van der Waals surface area (Å²) in [5.41, 5.74) is 0.572. The molecule has 9 nitrogen and oxygen atoms in total. The van der Waals surface area contributed by atoms with E-state index in [1.165, 1.54) is 48.5 Å². The van der Waals surface area contributed by atoms with Crippen LogP contribution in [0.15, 0.2) is 48.5 Å². The molecule has 142 valence electrons. The van der Waals surface area contributed by atoms with E-state index >= 15 is 0 Å². The van der Waals surface area contributed by atoms with Gasteiger partial charge < -0.3 is 10.1 Å². The van der Waals surface area contributed by atoms with E-state index in [4.69, 9.17) is 10.00 Å². The summed E-state index contributed by atoms with van der Waals surface area (Å²) in [6.45, 7) is 1.62. The van der Waals surface area contributed by atoms with Crippen molar-refractivity contribution in [1.29, 1.82) is 5.26 Å². The van der Waals surface area contributed by atoms with Crippen LogP contribution in [-0.2, 0) is 9.53 Å². The summed E-state index contributed by atoms with van der Waals surface area (Å²) < 4.78 is 4.70. The lowest BCUT2D eigenvalue weighted by molar-refractivity contribution is -0.384. The lowest BCUT2D eigenvalue weighted by Crippen LogP contribution is -2.25. The molecule has 2 rings (SSSR count). The Balaban J connectivity index is 2.08. The van der Waals surface area contributed by atoms with Crippen LogP contribution in [0.4, 0.5) is 11.4 Å². The number of nitrogens with zero attached hydrogens (tertiary/aromatic N) is 2. The Hall–Kier alpha value is -4.06. The second-order valence-corrected chi connectivity index (χ2v) is 5.51. The van der Waals surface area contributed by atoms with E-state index in [0.29, 0.717) is 5.69 Å². The Morgan fingerprint density at radius 2 is 1.68 bits per heavy atom. The number of ether oxygens (including phenoxy) is 1. The maximum atomic E-state index is 12.3. The van der Waals surface area contributed by atoms with Crippen molar-refractivity contribution in [1.82, 2.24) is 0 Å². The van der Waals surface area contributed by atoms with Crippen molar-refractivity contribution in [2.24, 2.45) is 5.92 Å². The minimum absolute atomic E-state index is 0.0535. The van der Waals surface area contributed by atoms with Crippen LogP contribution >= 0.6 is 0 Å². The van der Waals surface area contributed by atoms with Crippen molar-refractivity contribution in [3.8, 4) is 6.07 Å². The number of nitrogens with one attached hydrogen (secondary N) is 1. The monoisotopic (exact) mass is 381 g/mol. The number of Topliss-reactive ketones (excluding diaryl/α,β-unsaturated/α-hetero) is 1. The number of anilines is 1. The van der Waals surface area contributed by atoms with Gasteiger partial charge in [0.2, 0.25) is 5.92 Å². The van der Waals surface area contributed by atoms with Crippen molar-refractivity contribution < 1.29 is 24.0 Å². The Labute approximate surface area is 159 Å². The lowest BCUT2D eigenvalue weighted by Gasteiger charge is -2.09. The van der Waals surface area contributed by atoms with Gasteiger partial charge in [0.15, 0.2) is 5.78 Å². The highest BCUT2D eigenvalue weighted by Gasteiger charge is 2.28. The third-order valence-corrected chi connectivity index (χ3v) is 3.68.